The molecule has 1 fully saturated rings. The molecule has 1 aliphatic carbocycles. The zero-order valence-corrected chi connectivity index (χ0v) is 29.1. The first-order valence-corrected chi connectivity index (χ1v) is 16.0. The third-order valence-electron chi connectivity index (χ3n) is 9.16. The zero-order chi connectivity index (χ0) is 37.7. The molecule has 4 atom stereocenters. The summed E-state index contributed by atoms with van der Waals surface area (Å²) in [5, 5.41) is 5.03. The summed E-state index contributed by atoms with van der Waals surface area (Å²) >= 11 is 0. The molecule has 4 rings (SSSR count). The average Bonchev–Trinajstić information content (AvgIpc) is 2.96. The van der Waals surface area contributed by atoms with E-state index in [2.05, 4.69) is 10.6 Å². The molecule has 0 radical (unpaired) electrons. The fraction of sp³-hybridized carbons (Fsp3) is 0.514. The number of hydrogen-bond acceptors (Lipinski definition) is 5. The van der Waals surface area contributed by atoms with Crippen LogP contribution >= 0.6 is 0 Å². The molecule has 1 aromatic carbocycles. The third-order valence-corrected chi connectivity index (χ3v) is 9.16. The highest BCUT2D eigenvalue weighted by atomic mass is 19.4. The minimum Gasteiger partial charge on any atom is -0.349 e. The quantitative estimate of drug-likeness (QED) is 0.301. The van der Waals surface area contributed by atoms with Crippen molar-refractivity contribution >= 4 is 17.4 Å². The van der Waals surface area contributed by atoms with Crippen molar-refractivity contribution in [3.05, 3.63) is 86.9 Å². The first-order valence-electron chi connectivity index (χ1n) is 16.0. The van der Waals surface area contributed by atoms with Crippen molar-refractivity contribution in [1.29, 1.82) is 0 Å². The second-order valence-corrected chi connectivity index (χ2v) is 15.0. The first-order chi connectivity index (χ1) is 22.9. The number of carbonyl (C=O) groups is 2. The largest absolute Gasteiger partial charge is 0.417 e. The van der Waals surface area contributed by atoms with E-state index in [-0.39, 0.29) is 36.7 Å². The summed E-state index contributed by atoms with van der Waals surface area (Å²) in [6, 6.07) is -0.186. The van der Waals surface area contributed by atoms with Crippen LogP contribution in [0, 0.1) is 17.0 Å². The van der Waals surface area contributed by atoms with Crippen molar-refractivity contribution in [3.63, 3.8) is 0 Å². The lowest BCUT2D eigenvalue weighted by atomic mass is 9.76. The second kappa shape index (κ2) is 13.6. The first kappa shape index (κ1) is 38.8. The Kier molecular flexibility index (Phi) is 10.6. The fourth-order valence-corrected chi connectivity index (χ4v) is 7.13. The predicted octanol–water partition coefficient (Wildman–Crippen LogP) is 6.11. The van der Waals surface area contributed by atoms with Crippen LogP contribution in [0.3, 0.4) is 0 Å². The van der Waals surface area contributed by atoms with Gasteiger partial charge >= 0.3 is 6.18 Å². The monoisotopic (exact) mass is 713 g/mol. The average molecular weight is 714 g/mol. The molecule has 0 saturated carbocycles. The number of halogens is 7. The number of nitrogens with zero attached hydrogens (tertiary/aromatic N) is 2. The fourth-order valence-electron chi connectivity index (χ4n) is 7.13. The summed E-state index contributed by atoms with van der Waals surface area (Å²) < 4.78 is 105. The van der Waals surface area contributed by atoms with Gasteiger partial charge in [-0.15, -0.1) is 0 Å². The Morgan fingerprint density at radius 2 is 1.60 bits per heavy atom. The molecular formula is C35H42F7N5O3. The topological polar surface area (TPSA) is 97.5 Å². The van der Waals surface area contributed by atoms with Crippen molar-refractivity contribution in [2.24, 2.45) is 5.41 Å². The minimum absolute atomic E-state index is 0.00644. The van der Waals surface area contributed by atoms with Gasteiger partial charge in [0.1, 0.15) is 23.2 Å². The van der Waals surface area contributed by atoms with Crippen LogP contribution in [0.25, 0.3) is 5.57 Å². The summed E-state index contributed by atoms with van der Waals surface area (Å²) in [6.07, 6.45) is -3.64. The number of benzene rings is 1. The third kappa shape index (κ3) is 7.68. The van der Waals surface area contributed by atoms with Crippen LogP contribution in [0.15, 0.2) is 53.0 Å². The van der Waals surface area contributed by atoms with Crippen molar-refractivity contribution in [1.82, 2.24) is 25.4 Å². The van der Waals surface area contributed by atoms with E-state index in [0.717, 1.165) is 18.2 Å². The van der Waals surface area contributed by atoms with Crippen LogP contribution in [0.1, 0.15) is 76.4 Å². The van der Waals surface area contributed by atoms with Crippen molar-refractivity contribution in [2.45, 2.75) is 90.3 Å². The van der Waals surface area contributed by atoms with E-state index in [1.165, 1.54) is 4.90 Å². The smallest absolute Gasteiger partial charge is 0.349 e. The van der Waals surface area contributed by atoms with Crippen molar-refractivity contribution < 1.29 is 40.3 Å². The minimum atomic E-state index is -5.21. The van der Waals surface area contributed by atoms with E-state index >= 15 is 13.2 Å². The molecular weight excluding hydrogens is 671 g/mol. The van der Waals surface area contributed by atoms with Gasteiger partial charge in [0.15, 0.2) is 11.6 Å². The number of amides is 2. The lowest BCUT2D eigenvalue weighted by Crippen LogP contribution is -2.74. The summed E-state index contributed by atoms with van der Waals surface area (Å²) in [6.45, 7) is 12.7. The second-order valence-electron chi connectivity index (χ2n) is 15.0. The molecule has 2 heterocycles. The van der Waals surface area contributed by atoms with E-state index in [1.807, 2.05) is 37.7 Å². The van der Waals surface area contributed by atoms with Crippen LogP contribution in [0.2, 0.25) is 0 Å². The van der Waals surface area contributed by atoms with E-state index in [0.29, 0.717) is 18.7 Å². The Morgan fingerprint density at radius 1 is 1.00 bits per heavy atom. The van der Waals surface area contributed by atoms with Gasteiger partial charge in [-0.05, 0) is 58.7 Å². The molecule has 2 amide bonds. The molecule has 2 unspecified atom stereocenters. The Hall–Kier alpha value is -3.98. The maximum Gasteiger partial charge on any atom is 0.417 e. The number of aromatic nitrogens is 1. The highest BCUT2D eigenvalue weighted by Crippen LogP contribution is 2.45. The van der Waals surface area contributed by atoms with Crippen LogP contribution in [-0.2, 0) is 11.0 Å². The summed E-state index contributed by atoms with van der Waals surface area (Å²) in [5.41, 5.74) is -9.83. The van der Waals surface area contributed by atoms with E-state index < -0.39 is 86.2 Å². The van der Waals surface area contributed by atoms with Crippen LogP contribution in [-0.4, -0.2) is 75.9 Å². The lowest BCUT2D eigenvalue weighted by molar-refractivity contribution is -0.139. The molecule has 50 heavy (non-hydrogen) atoms. The summed E-state index contributed by atoms with van der Waals surface area (Å²) in [5.74, 6) is -8.74. The maximum absolute atomic E-state index is 17.2. The van der Waals surface area contributed by atoms with Crippen LogP contribution < -0.4 is 16.2 Å². The molecule has 0 bridgehead atoms. The number of alkyl halides is 3. The van der Waals surface area contributed by atoms with Gasteiger partial charge in [0.05, 0.1) is 16.7 Å². The summed E-state index contributed by atoms with van der Waals surface area (Å²) in [7, 11) is 1.81. The highest BCUT2D eigenvalue weighted by molar-refractivity contribution is 6.00. The number of H-pyrrole nitrogens is 1. The molecule has 8 nitrogen and oxygen atoms in total. The van der Waals surface area contributed by atoms with Crippen LogP contribution in [0.4, 0.5) is 30.7 Å². The maximum atomic E-state index is 17.2. The number of likely N-dealkylation sites (N-methyl/N-ethyl adjacent to an activating group) is 1. The lowest BCUT2D eigenvalue weighted by Gasteiger charge is -2.53. The Bertz CT molecular complexity index is 1770. The number of hydrogen-bond donors (Lipinski definition) is 3. The molecule has 1 aliphatic heterocycles. The molecule has 274 valence electrons. The zero-order valence-electron chi connectivity index (χ0n) is 29.1. The normalized spacial score (nSPS) is 24.2. The molecule has 2 aliphatic rings. The number of rotatable bonds is 7. The van der Waals surface area contributed by atoms with Gasteiger partial charge in [0.2, 0.25) is 11.5 Å². The molecule has 1 saturated heterocycles. The number of aromatic amines is 1. The van der Waals surface area contributed by atoms with Crippen LogP contribution in [0.5, 0.6) is 0 Å². The Labute approximate surface area is 285 Å². The number of carbonyl (C=O) groups excluding carboxylic acids is 2. The van der Waals surface area contributed by atoms with Gasteiger partial charge in [-0.25, -0.2) is 17.6 Å². The Balaban J connectivity index is 2.03. The number of nitrogens with one attached hydrogen (secondary N) is 3. The SMILES string of the molecule is C[C@@H]1CN(C2(C(=O)NC(C)(C)CC(C)(C)C)C=C(F)C(c3cccc(F)c3F)=C(F)C2NC(=O)c2c[nH]c(=O)cc2C(F)(F)F)C[C@H](C)N1C. The van der Waals surface area contributed by atoms with Gasteiger partial charge < -0.3 is 15.6 Å². The molecule has 0 spiro atoms. The van der Waals surface area contributed by atoms with Gasteiger partial charge in [0, 0.05) is 48.5 Å². The standard InChI is InChI=1S/C35H42F7N5O3/c1-18-15-47(16-19(2)46(18)8)34(31(50)45-33(6,7)17-32(3,4)5)13-24(37)26(20-10-9-11-23(36)27(20)38)28(39)29(34)44-30(49)21-14-43-25(48)12-22(21)35(40,41)42/h9-14,18-19,29H,15-17H2,1-8H3,(H,43,48)(H,44,49)(H,45,50)/t18-,19+,29?,34?. The number of piperazine rings is 1. The van der Waals surface area contributed by atoms with E-state index in [4.69, 9.17) is 0 Å². The van der Waals surface area contributed by atoms with Crippen molar-refractivity contribution in [2.75, 3.05) is 20.1 Å². The molecule has 15 heteroatoms. The van der Waals surface area contributed by atoms with Gasteiger partial charge in [0.25, 0.3) is 5.91 Å². The highest BCUT2D eigenvalue weighted by Gasteiger charge is 2.58. The van der Waals surface area contributed by atoms with E-state index in [1.54, 1.807) is 27.7 Å². The number of pyridine rings is 1. The van der Waals surface area contributed by atoms with Gasteiger partial charge in [-0.2, -0.15) is 13.2 Å². The summed E-state index contributed by atoms with van der Waals surface area (Å²) in [4.78, 5) is 45.8. The molecule has 1 aromatic heterocycles. The predicted molar refractivity (Wildman–Crippen MR) is 174 cm³/mol. The van der Waals surface area contributed by atoms with E-state index in [9.17, 15) is 31.9 Å². The number of allylic oxidation sites excluding steroid dienone is 2. The molecule has 3 N–H and O–H groups in total. The van der Waals surface area contributed by atoms with Gasteiger partial charge in [-0.3, -0.25) is 24.2 Å². The van der Waals surface area contributed by atoms with Crippen molar-refractivity contribution in [3.8, 4) is 0 Å². The molecule has 2 aromatic rings. The Morgan fingerprint density at radius 3 is 2.16 bits per heavy atom. The van der Waals surface area contributed by atoms with Gasteiger partial charge in [-0.1, -0.05) is 32.9 Å².